The summed E-state index contributed by atoms with van der Waals surface area (Å²) in [7, 11) is 0. The average molecular weight is 199 g/mol. The van der Waals surface area contributed by atoms with Gasteiger partial charge in [-0.05, 0) is 17.3 Å². The van der Waals surface area contributed by atoms with Crippen LogP contribution in [0.4, 0.5) is 5.82 Å². The summed E-state index contributed by atoms with van der Waals surface area (Å²) in [6, 6.07) is 5.23. The third-order valence-corrected chi connectivity index (χ3v) is 1.73. The van der Waals surface area contributed by atoms with Crippen LogP contribution in [-0.2, 0) is 4.94 Å². The van der Waals surface area contributed by atoms with Crippen molar-refractivity contribution in [3.8, 4) is 0 Å². The molecule has 1 aromatic heterocycles. The monoisotopic (exact) mass is 198 g/mol. The Morgan fingerprint density at radius 1 is 1.54 bits per heavy atom. The zero-order valence-electron chi connectivity index (χ0n) is 6.64. The van der Waals surface area contributed by atoms with E-state index in [4.69, 9.17) is 22.3 Å². The van der Waals surface area contributed by atoms with Crippen molar-refractivity contribution in [2.24, 2.45) is 10.9 Å². The van der Waals surface area contributed by atoms with Gasteiger partial charge in [0.25, 0.3) is 0 Å². The molecule has 0 spiro atoms. The summed E-state index contributed by atoms with van der Waals surface area (Å²) in [5.41, 5.74) is 5.42. The van der Waals surface area contributed by atoms with Crippen molar-refractivity contribution in [3.05, 3.63) is 23.4 Å². The van der Waals surface area contributed by atoms with E-state index in [-0.39, 0.29) is 0 Å². The van der Waals surface area contributed by atoms with Crippen LogP contribution in [0.1, 0.15) is 0 Å². The van der Waals surface area contributed by atoms with Crippen molar-refractivity contribution >= 4 is 23.3 Å². The van der Waals surface area contributed by atoms with Crippen molar-refractivity contribution in [3.63, 3.8) is 0 Å². The van der Waals surface area contributed by atoms with Crippen molar-refractivity contribution in [1.82, 2.24) is 4.98 Å². The molecule has 2 rings (SSSR count). The van der Waals surface area contributed by atoms with Gasteiger partial charge in [-0.3, -0.25) is 4.94 Å². The minimum atomic E-state index is 0.409. The number of hydrogen-bond donors (Lipinski definition) is 1. The SMILES string of the molecule is NC1=NON(c2cccc(Cl)n2)C1. The molecule has 1 aliphatic heterocycles. The third-order valence-electron chi connectivity index (χ3n) is 1.52. The molecule has 13 heavy (non-hydrogen) atoms. The summed E-state index contributed by atoms with van der Waals surface area (Å²) in [5, 5.41) is 5.43. The molecule has 0 atom stereocenters. The molecule has 0 bridgehead atoms. The third kappa shape index (κ3) is 1.65. The highest BCUT2D eigenvalue weighted by molar-refractivity contribution is 6.29. The van der Waals surface area contributed by atoms with Crippen LogP contribution in [0.3, 0.4) is 0 Å². The Hall–Kier alpha value is -1.49. The maximum Gasteiger partial charge on any atom is 0.167 e. The number of rotatable bonds is 1. The lowest BCUT2D eigenvalue weighted by atomic mass is 10.4. The first-order valence-electron chi connectivity index (χ1n) is 3.65. The number of hydroxylamine groups is 1. The second-order valence-electron chi connectivity index (χ2n) is 2.52. The van der Waals surface area contributed by atoms with Crippen LogP contribution in [0.15, 0.2) is 23.4 Å². The van der Waals surface area contributed by atoms with Crippen molar-refractivity contribution in [2.75, 3.05) is 11.6 Å². The summed E-state index contributed by atoms with van der Waals surface area (Å²) in [6.07, 6.45) is 0. The molecule has 5 nitrogen and oxygen atoms in total. The zero-order valence-corrected chi connectivity index (χ0v) is 7.40. The van der Waals surface area contributed by atoms with Gasteiger partial charge in [0.15, 0.2) is 11.7 Å². The summed E-state index contributed by atoms with van der Waals surface area (Å²) in [5.74, 6) is 1.01. The summed E-state index contributed by atoms with van der Waals surface area (Å²) >= 11 is 5.70. The standard InChI is InChI=1S/C7H7ClN4O/c8-5-2-1-3-7(10-5)12-4-6(9)11-13-12/h1-3H,4H2,(H2,9,11). The number of oxime groups is 1. The number of pyridine rings is 1. The van der Waals surface area contributed by atoms with E-state index in [0.29, 0.717) is 23.4 Å². The number of anilines is 1. The second-order valence-corrected chi connectivity index (χ2v) is 2.91. The average Bonchev–Trinajstić information content (AvgIpc) is 2.52. The Labute approximate surface area is 79.7 Å². The molecule has 0 amide bonds. The Bertz CT molecular complexity index is 354. The highest BCUT2D eigenvalue weighted by atomic mass is 35.5. The van der Waals surface area contributed by atoms with E-state index in [0.717, 1.165) is 0 Å². The number of nitrogens with two attached hydrogens (primary N) is 1. The molecule has 0 aromatic carbocycles. The lowest BCUT2D eigenvalue weighted by Gasteiger charge is -2.11. The Morgan fingerprint density at radius 2 is 2.38 bits per heavy atom. The highest BCUT2D eigenvalue weighted by Crippen LogP contribution is 2.16. The molecule has 0 saturated carbocycles. The maximum absolute atomic E-state index is 5.70. The number of nitrogens with zero attached hydrogens (tertiary/aromatic N) is 3. The molecule has 2 N–H and O–H groups in total. The van der Waals surface area contributed by atoms with Crippen LogP contribution in [-0.4, -0.2) is 17.4 Å². The molecule has 0 aliphatic carbocycles. The van der Waals surface area contributed by atoms with E-state index in [1.807, 2.05) is 0 Å². The van der Waals surface area contributed by atoms with E-state index < -0.39 is 0 Å². The van der Waals surface area contributed by atoms with E-state index in [1.165, 1.54) is 5.06 Å². The van der Waals surface area contributed by atoms with Gasteiger partial charge < -0.3 is 5.73 Å². The van der Waals surface area contributed by atoms with Gasteiger partial charge >= 0.3 is 0 Å². The largest absolute Gasteiger partial charge is 0.383 e. The fraction of sp³-hybridized carbons (Fsp3) is 0.143. The number of aromatic nitrogens is 1. The van der Waals surface area contributed by atoms with Gasteiger partial charge in [0.2, 0.25) is 0 Å². The second kappa shape index (κ2) is 3.10. The Kier molecular flexibility index (Phi) is 1.94. The van der Waals surface area contributed by atoms with Crippen LogP contribution in [0.25, 0.3) is 0 Å². The molecule has 1 aliphatic rings. The van der Waals surface area contributed by atoms with Crippen LogP contribution >= 0.6 is 11.6 Å². The maximum atomic E-state index is 5.70. The number of amidine groups is 1. The predicted molar refractivity (Wildman–Crippen MR) is 49.3 cm³/mol. The fourth-order valence-electron chi connectivity index (χ4n) is 0.966. The van der Waals surface area contributed by atoms with Crippen molar-refractivity contribution in [1.29, 1.82) is 0 Å². The van der Waals surface area contributed by atoms with Crippen LogP contribution in [0.2, 0.25) is 5.15 Å². The predicted octanol–water partition coefficient (Wildman–Crippen LogP) is 0.759. The topological polar surface area (TPSA) is 63.7 Å². The number of halogens is 1. The lowest BCUT2D eigenvalue weighted by Crippen LogP contribution is -2.25. The van der Waals surface area contributed by atoms with E-state index >= 15 is 0 Å². The van der Waals surface area contributed by atoms with E-state index in [2.05, 4.69) is 10.1 Å². The van der Waals surface area contributed by atoms with E-state index in [9.17, 15) is 0 Å². The summed E-state index contributed by atoms with van der Waals surface area (Å²) in [6.45, 7) is 0.410. The molecule has 0 saturated heterocycles. The summed E-state index contributed by atoms with van der Waals surface area (Å²) < 4.78 is 0. The molecule has 2 heterocycles. The first-order valence-corrected chi connectivity index (χ1v) is 4.03. The van der Waals surface area contributed by atoms with Gasteiger partial charge in [-0.25, -0.2) is 4.98 Å². The van der Waals surface area contributed by atoms with Gasteiger partial charge in [0.1, 0.15) is 11.7 Å². The molecule has 0 fully saturated rings. The normalized spacial score (nSPS) is 15.5. The lowest BCUT2D eigenvalue weighted by molar-refractivity contribution is 0.143. The van der Waals surface area contributed by atoms with Crippen molar-refractivity contribution in [2.45, 2.75) is 0 Å². The smallest absolute Gasteiger partial charge is 0.167 e. The van der Waals surface area contributed by atoms with Crippen LogP contribution in [0.5, 0.6) is 0 Å². The quantitative estimate of drug-likeness (QED) is 0.677. The Balaban J connectivity index is 2.18. The highest BCUT2D eigenvalue weighted by Gasteiger charge is 2.17. The minimum absolute atomic E-state index is 0.409. The molecule has 68 valence electrons. The molecule has 1 aromatic rings. The van der Waals surface area contributed by atoms with Gasteiger partial charge in [0.05, 0.1) is 0 Å². The number of hydrogen-bond acceptors (Lipinski definition) is 5. The summed E-state index contributed by atoms with van der Waals surface area (Å²) in [4.78, 5) is 8.91. The fourth-order valence-corrected chi connectivity index (χ4v) is 1.13. The van der Waals surface area contributed by atoms with Gasteiger partial charge in [-0.15, -0.1) is 0 Å². The van der Waals surface area contributed by atoms with Gasteiger partial charge in [0, 0.05) is 0 Å². The molecular formula is C7H7ClN4O. The van der Waals surface area contributed by atoms with Crippen LogP contribution < -0.4 is 10.8 Å². The van der Waals surface area contributed by atoms with Crippen LogP contribution in [0, 0.1) is 0 Å². The molecule has 6 heteroatoms. The Morgan fingerprint density at radius 3 is 3.00 bits per heavy atom. The molecule has 0 radical (unpaired) electrons. The molecule has 0 unspecified atom stereocenters. The van der Waals surface area contributed by atoms with Gasteiger partial charge in [-0.1, -0.05) is 17.7 Å². The van der Waals surface area contributed by atoms with Crippen molar-refractivity contribution < 1.29 is 4.94 Å². The first kappa shape index (κ1) is 8.12. The first-order chi connectivity index (χ1) is 6.25. The van der Waals surface area contributed by atoms with E-state index in [1.54, 1.807) is 18.2 Å². The van der Waals surface area contributed by atoms with Gasteiger partial charge in [-0.2, -0.15) is 5.06 Å². The molecular weight excluding hydrogens is 192 g/mol. The zero-order chi connectivity index (χ0) is 9.26. The minimum Gasteiger partial charge on any atom is -0.383 e.